The lowest BCUT2D eigenvalue weighted by Gasteiger charge is -2.42. The number of carbonyl (C=O) groups excluding carboxylic acids is 1. The monoisotopic (exact) mass is 375 g/mol. The van der Waals surface area contributed by atoms with Crippen LogP contribution < -0.4 is 0 Å². The van der Waals surface area contributed by atoms with Crippen LogP contribution in [0.5, 0.6) is 0 Å². The van der Waals surface area contributed by atoms with Crippen LogP contribution in [0.25, 0.3) is 0 Å². The summed E-state index contributed by atoms with van der Waals surface area (Å²) in [6.07, 6.45) is -2.43. The molecule has 0 spiro atoms. The SMILES string of the molecule is CCc1nc(CN2CCN([C@@H]3CCCN(CC(F)(F)F)C3=O)CC2)no1. The molecule has 26 heavy (non-hydrogen) atoms. The highest BCUT2D eigenvalue weighted by atomic mass is 19.4. The number of piperazine rings is 1. The summed E-state index contributed by atoms with van der Waals surface area (Å²) in [5.41, 5.74) is 0. The number of halogens is 3. The number of aromatic nitrogens is 2. The molecule has 0 bridgehead atoms. The third-order valence-corrected chi connectivity index (χ3v) is 4.90. The normalized spacial score (nSPS) is 23.6. The first-order valence-electron chi connectivity index (χ1n) is 8.99. The van der Waals surface area contributed by atoms with Crippen LogP contribution in [0.1, 0.15) is 31.5 Å². The van der Waals surface area contributed by atoms with E-state index in [9.17, 15) is 18.0 Å². The van der Waals surface area contributed by atoms with E-state index in [1.165, 1.54) is 0 Å². The van der Waals surface area contributed by atoms with Crippen molar-refractivity contribution in [2.75, 3.05) is 39.3 Å². The number of carbonyl (C=O) groups is 1. The molecule has 2 saturated heterocycles. The number of amides is 1. The van der Waals surface area contributed by atoms with Crippen LogP contribution in [-0.4, -0.2) is 82.2 Å². The average Bonchev–Trinajstić information content (AvgIpc) is 3.04. The van der Waals surface area contributed by atoms with Gasteiger partial charge in [0.15, 0.2) is 5.82 Å². The maximum atomic E-state index is 12.6. The number of alkyl halides is 3. The van der Waals surface area contributed by atoms with Gasteiger partial charge >= 0.3 is 6.18 Å². The number of likely N-dealkylation sites (tertiary alicyclic amines) is 1. The van der Waals surface area contributed by atoms with E-state index in [1.54, 1.807) is 0 Å². The first-order chi connectivity index (χ1) is 12.4. The molecule has 0 unspecified atom stereocenters. The molecule has 1 aromatic heterocycles. The highest BCUT2D eigenvalue weighted by molar-refractivity contribution is 5.82. The van der Waals surface area contributed by atoms with E-state index in [1.807, 2.05) is 11.8 Å². The van der Waals surface area contributed by atoms with Gasteiger partial charge in [-0.1, -0.05) is 12.1 Å². The zero-order valence-corrected chi connectivity index (χ0v) is 14.8. The van der Waals surface area contributed by atoms with E-state index in [4.69, 9.17) is 4.52 Å². The fraction of sp³-hybridized carbons (Fsp3) is 0.812. The molecule has 3 rings (SSSR count). The Morgan fingerprint density at radius 3 is 2.54 bits per heavy atom. The van der Waals surface area contributed by atoms with Crippen LogP contribution in [0.3, 0.4) is 0 Å². The van der Waals surface area contributed by atoms with Crippen molar-refractivity contribution in [2.45, 2.75) is 44.9 Å². The third kappa shape index (κ3) is 4.73. The molecule has 0 N–H and O–H groups in total. The Hall–Kier alpha value is -1.68. The Balaban J connectivity index is 1.51. The van der Waals surface area contributed by atoms with Gasteiger partial charge in [-0.05, 0) is 12.8 Å². The summed E-state index contributed by atoms with van der Waals surface area (Å²) in [4.78, 5) is 21.9. The predicted molar refractivity (Wildman–Crippen MR) is 86.2 cm³/mol. The number of piperidine rings is 1. The fourth-order valence-electron chi connectivity index (χ4n) is 3.56. The van der Waals surface area contributed by atoms with E-state index in [2.05, 4.69) is 15.0 Å². The largest absolute Gasteiger partial charge is 0.406 e. The molecule has 2 aliphatic heterocycles. The number of hydrogen-bond acceptors (Lipinski definition) is 6. The Morgan fingerprint density at radius 2 is 1.92 bits per heavy atom. The first-order valence-corrected chi connectivity index (χ1v) is 8.99. The third-order valence-electron chi connectivity index (χ3n) is 4.90. The Labute approximate surface area is 150 Å². The van der Waals surface area contributed by atoms with Gasteiger partial charge in [-0.25, -0.2) is 0 Å². The lowest BCUT2D eigenvalue weighted by Crippen LogP contribution is -2.58. The molecule has 1 amide bonds. The number of hydrogen-bond donors (Lipinski definition) is 0. The van der Waals surface area contributed by atoms with Gasteiger partial charge in [0.25, 0.3) is 0 Å². The summed E-state index contributed by atoms with van der Waals surface area (Å²) in [5.74, 6) is 0.851. The Bertz CT molecular complexity index is 613. The molecular weight excluding hydrogens is 351 g/mol. The topological polar surface area (TPSA) is 65.7 Å². The van der Waals surface area contributed by atoms with Gasteiger partial charge < -0.3 is 9.42 Å². The zero-order valence-electron chi connectivity index (χ0n) is 14.8. The zero-order chi connectivity index (χ0) is 18.7. The van der Waals surface area contributed by atoms with Gasteiger partial charge in [-0.3, -0.25) is 14.6 Å². The lowest BCUT2D eigenvalue weighted by molar-refractivity contribution is -0.168. The van der Waals surface area contributed by atoms with E-state index in [0.29, 0.717) is 50.6 Å². The quantitative estimate of drug-likeness (QED) is 0.773. The Morgan fingerprint density at radius 1 is 1.19 bits per heavy atom. The van der Waals surface area contributed by atoms with Gasteiger partial charge in [0.05, 0.1) is 12.6 Å². The summed E-state index contributed by atoms with van der Waals surface area (Å²) in [6.45, 7) is 4.30. The van der Waals surface area contributed by atoms with Crippen LogP contribution in [0.2, 0.25) is 0 Å². The van der Waals surface area contributed by atoms with Crippen molar-refractivity contribution in [3.8, 4) is 0 Å². The van der Waals surface area contributed by atoms with Gasteiger partial charge in [-0.15, -0.1) is 0 Å². The number of aryl methyl sites for hydroxylation is 1. The molecule has 0 aliphatic carbocycles. The van der Waals surface area contributed by atoms with Crippen molar-refractivity contribution in [3.63, 3.8) is 0 Å². The predicted octanol–water partition coefficient (Wildman–Crippen LogP) is 1.30. The van der Waals surface area contributed by atoms with Crippen LogP contribution in [-0.2, 0) is 17.8 Å². The van der Waals surface area contributed by atoms with Gasteiger partial charge in [0, 0.05) is 39.1 Å². The summed E-state index contributed by atoms with van der Waals surface area (Å²) in [6, 6.07) is -0.440. The summed E-state index contributed by atoms with van der Waals surface area (Å²) in [7, 11) is 0. The molecule has 10 heteroatoms. The average molecular weight is 375 g/mol. The van der Waals surface area contributed by atoms with Crippen LogP contribution in [0.15, 0.2) is 4.52 Å². The smallest absolute Gasteiger partial charge is 0.339 e. The van der Waals surface area contributed by atoms with Crippen LogP contribution >= 0.6 is 0 Å². The minimum absolute atomic E-state index is 0.187. The molecule has 2 fully saturated rings. The molecule has 7 nitrogen and oxygen atoms in total. The second kappa shape index (κ2) is 7.91. The molecule has 0 aromatic carbocycles. The maximum Gasteiger partial charge on any atom is 0.406 e. The van der Waals surface area contributed by atoms with E-state index in [-0.39, 0.29) is 6.54 Å². The molecule has 0 radical (unpaired) electrons. The highest BCUT2D eigenvalue weighted by Crippen LogP contribution is 2.23. The summed E-state index contributed by atoms with van der Waals surface area (Å²) < 4.78 is 43.0. The second-order valence-corrected chi connectivity index (χ2v) is 6.80. The second-order valence-electron chi connectivity index (χ2n) is 6.80. The molecule has 1 atom stereocenters. The standard InChI is InChI=1S/C16H24F3N5O2/c1-2-14-20-13(21-26-14)10-22-6-8-23(9-7-22)12-4-3-5-24(15(12)25)11-16(17,18)19/h12H,2-11H2,1H3/t12-/m1/s1. The lowest BCUT2D eigenvalue weighted by atomic mass is 10.0. The van der Waals surface area contributed by atoms with Crippen molar-refractivity contribution < 1.29 is 22.5 Å². The molecule has 2 aliphatic rings. The van der Waals surface area contributed by atoms with E-state index in [0.717, 1.165) is 18.0 Å². The molecule has 1 aromatic rings. The van der Waals surface area contributed by atoms with Crippen molar-refractivity contribution in [1.82, 2.24) is 24.8 Å². The molecule has 146 valence electrons. The number of rotatable bonds is 5. The molecule has 0 saturated carbocycles. The highest BCUT2D eigenvalue weighted by Gasteiger charge is 2.39. The molecule has 3 heterocycles. The Kier molecular flexibility index (Phi) is 5.81. The first kappa shape index (κ1) is 19.1. The summed E-state index contributed by atoms with van der Waals surface area (Å²) in [5, 5.41) is 3.94. The van der Waals surface area contributed by atoms with E-state index >= 15 is 0 Å². The van der Waals surface area contributed by atoms with Crippen molar-refractivity contribution >= 4 is 5.91 Å². The van der Waals surface area contributed by atoms with Crippen LogP contribution in [0.4, 0.5) is 13.2 Å². The van der Waals surface area contributed by atoms with E-state index < -0.39 is 24.7 Å². The number of nitrogens with zero attached hydrogens (tertiary/aromatic N) is 5. The summed E-state index contributed by atoms with van der Waals surface area (Å²) >= 11 is 0. The van der Waals surface area contributed by atoms with Gasteiger partial charge in [-0.2, -0.15) is 18.2 Å². The van der Waals surface area contributed by atoms with Gasteiger partial charge in [0.2, 0.25) is 11.8 Å². The minimum atomic E-state index is -4.35. The maximum absolute atomic E-state index is 12.6. The van der Waals surface area contributed by atoms with Crippen LogP contribution in [0, 0.1) is 0 Å². The van der Waals surface area contributed by atoms with Crippen molar-refractivity contribution in [2.24, 2.45) is 0 Å². The molecular formula is C16H24F3N5O2. The minimum Gasteiger partial charge on any atom is -0.339 e. The fourth-order valence-corrected chi connectivity index (χ4v) is 3.56. The van der Waals surface area contributed by atoms with Crippen molar-refractivity contribution in [3.05, 3.63) is 11.7 Å². The van der Waals surface area contributed by atoms with Crippen molar-refractivity contribution in [1.29, 1.82) is 0 Å². The van der Waals surface area contributed by atoms with Gasteiger partial charge in [0.1, 0.15) is 6.54 Å².